The first-order chi connectivity index (χ1) is 12.9. The zero-order chi connectivity index (χ0) is 19.8. The number of carboxylic acid groups (broad SMARTS) is 1. The minimum Gasteiger partial charge on any atom is -0.502 e. The summed E-state index contributed by atoms with van der Waals surface area (Å²) in [6.07, 6.45) is 1.88. The number of carbonyl (C=O) groups excluding carboxylic acids is 1. The first-order valence-electron chi connectivity index (χ1n) is 8.27. The molecular weight excluding hydrogens is 373 g/mol. The van der Waals surface area contributed by atoms with Gasteiger partial charge in [-0.25, -0.2) is 9.18 Å². The summed E-state index contributed by atoms with van der Waals surface area (Å²) in [6.45, 7) is 0.468. The van der Waals surface area contributed by atoms with Crippen LogP contribution < -0.4 is 0 Å². The van der Waals surface area contributed by atoms with Crippen molar-refractivity contribution < 1.29 is 24.2 Å². The van der Waals surface area contributed by atoms with Gasteiger partial charge in [0.1, 0.15) is 5.82 Å². The molecule has 0 saturated heterocycles. The van der Waals surface area contributed by atoms with E-state index in [4.69, 9.17) is 16.7 Å². The summed E-state index contributed by atoms with van der Waals surface area (Å²) in [7, 11) is 0. The van der Waals surface area contributed by atoms with Crippen LogP contribution in [-0.2, 0) is 22.6 Å². The van der Waals surface area contributed by atoms with Crippen molar-refractivity contribution in [2.24, 2.45) is 0 Å². The quantitative estimate of drug-likeness (QED) is 0.527. The molecule has 0 spiro atoms. The number of carbonyl (C=O) groups is 2. The Labute approximate surface area is 161 Å². The third-order valence-corrected chi connectivity index (χ3v) is 4.28. The van der Waals surface area contributed by atoms with Gasteiger partial charge in [-0.2, -0.15) is 0 Å². The van der Waals surface area contributed by atoms with Gasteiger partial charge in [-0.05, 0) is 42.2 Å². The molecule has 142 valence electrons. The Balaban J connectivity index is 2.09. The zero-order valence-electron chi connectivity index (χ0n) is 14.4. The van der Waals surface area contributed by atoms with E-state index in [9.17, 15) is 19.1 Å². The standard InChI is InChI=1S/C20H19ClFNO4/c21-17-6-2-1-4-15(17)5-3-11-23(19(25)12-18(24)20(26)27)13-14-7-9-16(22)10-8-14/h1-2,4,6-10,12,24H,3,5,11,13H2,(H,26,27)/b18-12-. The minimum atomic E-state index is -1.58. The molecule has 5 nitrogen and oxygen atoms in total. The number of aliphatic hydroxyl groups is 1. The van der Waals surface area contributed by atoms with Crippen LogP contribution in [0.1, 0.15) is 17.5 Å². The highest BCUT2D eigenvalue weighted by atomic mass is 35.5. The molecule has 0 aliphatic heterocycles. The highest BCUT2D eigenvalue weighted by molar-refractivity contribution is 6.31. The zero-order valence-corrected chi connectivity index (χ0v) is 15.2. The SMILES string of the molecule is O=C(O)/C(O)=C/C(=O)N(CCCc1ccccc1Cl)Cc1ccc(F)cc1. The number of hydrogen-bond acceptors (Lipinski definition) is 3. The molecule has 0 aromatic heterocycles. The average Bonchev–Trinajstić information content (AvgIpc) is 2.63. The number of aliphatic hydroxyl groups excluding tert-OH is 1. The summed E-state index contributed by atoms with van der Waals surface area (Å²) in [5.74, 6) is -3.64. The molecule has 2 rings (SSSR count). The van der Waals surface area contributed by atoms with Gasteiger partial charge in [0.2, 0.25) is 5.76 Å². The lowest BCUT2D eigenvalue weighted by Crippen LogP contribution is -2.31. The highest BCUT2D eigenvalue weighted by Crippen LogP contribution is 2.17. The number of benzene rings is 2. The predicted octanol–water partition coefficient (Wildman–Crippen LogP) is 3.97. The van der Waals surface area contributed by atoms with E-state index in [2.05, 4.69) is 0 Å². The molecule has 0 radical (unpaired) electrons. The number of aryl methyl sites for hydroxylation is 1. The predicted molar refractivity (Wildman–Crippen MR) is 99.9 cm³/mol. The van der Waals surface area contributed by atoms with Crippen LogP contribution in [0, 0.1) is 5.82 Å². The Kier molecular flexibility index (Phi) is 7.37. The monoisotopic (exact) mass is 391 g/mol. The Morgan fingerprint density at radius 3 is 2.37 bits per heavy atom. The summed E-state index contributed by atoms with van der Waals surface area (Å²) in [5.41, 5.74) is 1.63. The van der Waals surface area contributed by atoms with E-state index in [-0.39, 0.29) is 6.54 Å². The molecule has 2 aromatic carbocycles. The van der Waals surface area contributed by atoms with Crippen LogP contribution >= 0.6 is 11.6 Å². The fourth-order valence-electron chi connectivity index (χ4n) is 2.51. The maximum atomic E-state index is 13.1. The first kappa shape index (κ1) is 20.5. The van der Waals surface area contributed by atoms with Crippen LogP contribution in [0.25, 0.3) is 0 Å². The molecule has 2 N–H and O–H groups in total. The van der Waals surface area contributed by atoms with Crippen molar-refractivity contribution in [1.82, 2.24) is 4.90 Å². The van der Waals surface area contributed by atoms with Gasteiger partial charge >= 0.3 is 5.97 Å². The van der Waals surface area contributed by atoms with Gasteiger partial charge in [0.15, 0.2) is 0 Å². The van der Waals surface area contributed by atoms with Crippen LogP contribution in [0.3, 0.4) is 0 Å². The van der Waals surface area contributed by atoms with Crippen molar-refractivity contribution in [2.75, 3.05) is 6.54 Å². The molecule has 0 aliphatic carbocycles. The lowest BCUT2D eigenvalue weighted by atomic mass is 10.1. The molecule has 2 aromatic rings. The van der Waals surface area contributed by atoms with E-state index in [1.54, 1.807) is 18.2 Å². The van der Waals surface area contributed by atoms with Crippen LogP contribution in [0.4, 0.5) is 4.39 Å². The first-order valence-corrected chi connectivity index (χ1v) is 8.65. The smallest absolute Gasteiger partial charge is 0.371 e. The molecule has 0 fully saturated rings. The average molecular weight is 392 g/mol. The van der Waals surface area contributed by atoms with Crippen molar-refractivity contribution in [2.45, 2.75) is 19.4 Å². The fraction of sp³-hybridized carbons (Fsp3) is 0.200. The molecular formula is C20H19ClFNO4. The van der Waals surface area contributed by atoms with Crippen LogP contribution in [0.5, 0.6) is 0 Å². The van der Waals surface area contributed by atoms with E-state index >= 15 is 0 Å². The maximum Gasteiger partial charge on any atom is 0.371 e. The van der Waals surface area contributed by atoms with Gasteiger partial charge in [0, 0.05) is 18.1 Å². The molecule has 0 saturated carbocycles. The number of amides is 1. The normalized spacial score (nSPS) is 11.3. The van der Waals surface area contributed by atoms with Gasteiger partial charge in [-0.15, -0.1) is 0 Å². The van der Waals surface area contributed by atoms with Gasteiger partial charge in [-0.3, -0.25) is 4.79 Å². The van der Waals surface area contributed by atoms with Crippen LogP contribution in [-0.4, -0.2) is 33.5 Å². The van der Waals surface area contributed by atoms with Crippen molar-refractivity contribution in [3.63, 3.8) is 0 Å². The number of carboxylic acids is 1. The number of halogens is 2. The molecule has 0 unspecified atom stereocenters. The lowest BCUT2D eigenvalue weighted by molar-refractivity contribution is -0.136. The molecule has 0 aliphatic rings. The topological polar surface area (TPSA) is 77.8 Å². The summed E-state index contributed by atoms with van der Waals surface area (Å²) in [6, 6.07) is 13.0. The second kappa shape index (κ2) is 9.73. The number of aliphatic carboxylic acids is 1. The van der Waals surface area contributed by atoms with E-state index in [1.807, 2.05) is 18.2 Å². The second-order valence-electron chi connectivity index (χ2n) is 5.92. The van der Waals surface area contributed by atoms with Gasteiger partial charge < -0.3 is 15.1 Å². The molecule has 27 heavy (non-hydrogen) atoms. The van der Waals surface area contributed by atoms with Crippen molar-refractivity contribution in [3.8, 4) is 0 Å². The third-order valence-electron chi connectivity index (χ3n) is 3.91. The maximum absolute atomic E-state index is 13.1. The Bertz CT molecular complexity index is 836. The van der Waals surface area contributed by atoms with Gasteiger partial charge in [-0.1, -0.05) is 41.9 Å². The number of rotatable bonds is 8. The summed E-state index contributed by atoms with van der Waals surface area (Å²) < 4.78 is 13.1. The van der Waals surface area contributed by atoms with Crippen molar-refractivity contribution in [3.05, 3.63) is 82.3 Å². The number of nitrogens with zero attached hydrogens (tertiary/aromatic N) is 1. The minimum absolute atomic E-state index is 0.158. The molecule has 1 amide bonds. The van der Waals surface area contributed by atoms with E-state index < -0.39 is 23.5 Å². The van der Waals surface area contributed by atoms with Crippen LogP contribution in [0.15, 0.2) is 60.4 Å². The lowest BCUT2D eigenvalue weighted by Gasteiger charge is -2.21. The van der Waals surface area contributed by atoms with Crippen molar-refractivity contribution >= 4 is 23.5 Å². The van der Waals surface area contributed by atoms with E-state index in [0.29, 0.717) is 36.0 Å². The Hall–Kier alpha value is -2.86. The van der Waals surface area contributed by atoms with E-state index in [0.717, 1.165) is 5.56 Å². The van der Waals surface area contributed by atoms with E-state index in [1.165, 1.54) is 17.0 Å². The molecule has 0 heterocycles. The van der Waals surface area contributed by atoms with Gasteiger partial charge in [0.25, 0.3) is 5.91 Å². The number of hydrogen-bond donors (Lipinski definition) is 2. The molecule has 0 atom stereocenters. The highest BCUT2D eigenvalue weighted by Gasteiger charge is 2.15. The Morgan fingerprint density at radius 2 is 1.74 bits per heavy atom. The second-order valence-corrected chi connectivity index (χ2v) is 6.32. The molecule has 7 heteroatoms. The van der Waals surface area contributed by atoms with Gasteiger partial charge in [0.05, 0.1) is 6.08 Å². The third kappa shape index (κ3) is 6.42. The summed E-state index contributed by atoms with van der Waals surface area (Å²) >= 11 is 6.13. The van der Waals surface area contributed by atoms with Crippen molar-refractivity contribution in [1.29, 1.82) is 0 Å². The molecule has 0 bridgehead atoms. The summed E-state index contributed by atoms with van der Waals surface area (Å²) in [4.78, 5) is 24.5. The Morgan fingerprint density at radius 1 is 1.07 bits per heavy atom. The largest absolute Gasteiger partial charge is 0.502 e. The fourth-order valence-corrected chi connectivity index (χ4v) is 2.74. The summed E-state index contributed by atoms with van der Waals surface area (Å²) in [5, 5.41) is 18.7. The van der Waals surface area contributed by atoms with Crippen LogP contribution in [0.2, 0.25) is 5.02 Å².